The summed E-state index contributed by atoms with van der Waals surface area (Å²) in [5, 5.41) is 2.75. The van der Waals surface area contributed by atoms with Crippen LogP contribution in [0.25, 0.3) is 0 Å². The van der Waals surface area contributed by atoms with Crippen LogP contribution in [0.2, 0.25) is 0 Å². The number of aryl methyl sites for hydroxylation is 2. The maximum Gasteiger partial charge on any atom is 0.241 e. The Morgan fingerprint density at radius 1 is 1.15 bits per heavy atom. The minimum Gasteiger partial charge on any atom is -0.348 e. The molecule has 0 fully saturated rings. The molecule has 2 aromatic carbocycles. The summed E-state index contributed by atoms with van der Waals surface area (Å²) in [5.41, 5.74) is 2.88. The molecule has 0 heterocycles. The highest BCUT2D eigenvalue weighted by molar-refractivity contribution is 7.92. The van der Waals surface area contributed by atoms with Gasteiger partial charge in [-0.1, -0.05) is 24.3 Å². The molecule has 1 atom stereocenters. The molecule has 0 radical (unpaired) electrons. The summed E-state index contributed by atoms with van der Waals surface area (Å²) >= 11 is 0. The van der Waals surface area contributed by atoms with Gasteiger partial charge < -0.3 is 5.32 Å². The number of nitrogens with one attached hydrogen (secondary N) is 1. The molecule has 2 rings (SSSR count). The minimum absolute atomic E-state index is 0.325. The second-order valence-corrected chi connectivity index (χ2v) is 8.31. The molecule has 1 amide bonds. The van der Waals surface area contributed by atoms with Crippen molar-refractivity contribution in [2.75, 3.05) is 17.1 Å². The fraction of sp³-hybridized carbons (Fsp3) is 0.316. The zero-order valence-corrected chi connectivity index (χ0v) is 16.1. The second kappa shape index (κ2) is 7.86. The second-order valence-electron chi connectivity index (χ2n) is 6.40. The summed E-state index contributed by atoms with van der Waals surface area (Å²) in [6.45, 7) is 5.09. The van der Waals surface area contributed by atoms with E-state index in [9.17, 15) is 17.6 Å². The Labute approximate surface area is 153 Å². The number of sulfonamides is 1. The molecule has 0 aliphatic carbocycles. The van der Waals surface area contributed by atoms with Crippen LogP contribution >= 0.6 is 0 Å². The molecular weight excluding hydrogens is 355 g/mol. The van der Waals surface area contributed by atoms with Gasteiger partial charge >= 0.3 is 0 Å². The first-order valence-corrected chi connectivity index (χ1v) is 10.0. The summed E-state index contributed by atoms with van der Waals surface area (Å²) < 4.78 is 38.6. The van der Waals surface area contributed by atoms with Gasteiger partial charge in [-0.05, 0) is 55.7 Å². The number of nitrogens with zero attached hydrogens (tertiary/aromatic N) is 1. The van der Waals surface area contributed by atoms with Gasteiger partial charge in [0.2, 0.25) is 15.9 Å². The number of anilines is 1. The normalized spacial score (nSPS) is 12.5. The van der Waals surface area contributed by atoms with Gasteiger partial charge in [0.15, 0.2) is 0 Å². The minimum atomic E-state index is -3.64. The zero-order chi connectivity index (χ0) is 19.5. The SMILES string of the molecule is Cc1ccc(C)c(N(CC(=O)N[C@H](C)c2ccc(F)cc2)S(C)(=O)=O)c1. The predicted molar refractivity (Wildman–Crippen MR) is 101 cm³/mol. The van der Waals surface area contributed by atoms with E-state index in [1.54, 1.807) is 32.0 Å². The number of benzene rings is 2. The largest absolute Gasteiger partial charge is 0.348 e. The molecule has 0 aliphatic rings. The van der Waals surface area contributed by atoms with Gasteiger partial charge in [-0.2, -0.15) is 0 Å². The number of carbonyl (C=O) groups excluding carboxylic acids is 1. The lowest BCUT2D eigenvalue weighted by Crippen LogP contribution is -2.41. The van der Waals surface area contributed by atoms with E-state index in [1.165, 1.54) is 12.1 Å². The van der Waals surface area contributed by atoms with E-state index >= 15 is 0 Å². The van der Waals surface area contributed by atoms with E-state index in [4.69, 9.17) is 0 Å². The van der Waals surface area contributed by atoms with Crippen molar-refractivity contribution in [3.63, 3.8) is 0 Å². The highest BCUT2D eigenvalue weighted by Crippen LogP contribution is 2.24. The fourth-order valence-corrected chi connectivity index (χ4v) is 3.53. The van der Waals surface area contributed by atoms with Gasteiger partial charge in [-0.25, -0.2) is 12.8 Å². The highest BCUT2D eigenvalue weighted by Gasteiger charge is 2.23. The summed E-state index contributed by atoms with van der Waals surface area (Å²) in [4.78, 5) is 12.4. The Balaban J connectivity index is 2.19. The Morgan fingerprint density at radius 2 is 1.77 bits per heavy atom. The molecular formula is C19H23FN2O3S. The number of carbonyl (C=O) groups is 1. The summed E-state index contributed by atoms with van der Waals surface area (Å²) in [6.07, 6.45) is 1.07. The van der Waals surface area contributed by atoms with Gasteiger partial charge in [0.25, 0.3) is 0 Å². The average molecular weight is 378 g/mol. The van der Waals surface area contributed by atoms with Gasteiger partial charge in [0.05, 0.1) is 18.0 Å². The van der Waals surface area contributed by atoms with E-state index in [-0.39, 0.29) is 18.4 Å². The maximum atomic E-state index is 13.0. The van der Waals surface area contributed by atoms with E-state index in [0.29, 0.717) is 5.69 Å². The molecule has 0 saturated carbocycles. The van der Waals surface area contributed by atoms with Crippen molar-refractivity contribution >= 4 is 21.6 Å². The van der Waals surface area contributed by atoms with Crippen molar-refractivity contribution in [2.45, 2.75) is 26.8 Å². The third-order valence-electron chi connectivity index (χ3n) is 4.07. The van der Waals surface area contributed by atoms with Crippen LogP contribution in [-0.2, 0) is 14.8 Å². The van der Waals surface area contributed by atoms with Crippen LogP contribution in [0.15, 0.2) is 42.5 Å². The first-order valence-electron chi connectivity index (χ1n) is 8.17. The monoisotopic (exact) mass is 378 g/mol. The summed E-state index contributed by atoms with van der Waals surface area (Å²) in [7, 11) is -3.64. The van der Waals surface area contributed by atoms with Crippen LogP contribution in [0.1, 0.15) is 29.7 Å². The highest BCUT2D eigenvalue weighted by atomic mass is 32.2. The van der Waals surface area contributed by atoms with Crippen molar-refractivity contribution in [3.05, 3.63) is 65.0 Å². The summed E-state index contributed by atoms with van der Waals surface area (Å²) in [6, 6.07) is 10.9. The van der Waals surface area contributed by atoms with Crippen molar-refractivity contribution < 1.29 is 17.6 Å². The molecule has 0 aromatic heterocycles. The smallest absolute Gasteiger partial charge is 0.241 e. The lowest BCUT2D eigenvalue weighted by molar-refractivity contribution is -0.120. The zero-order valence-electron chi connectivity index (χ0n) is 15.3. The number of rotatable bonds is 6. The average Bonchev–Trinajstić information content (AvgIpc) is 2.54. The number of hydrogen-bond donors (Lipinski definition) is 1. The van der Waals surface area contributed by atoms with Crippen molar-refractivity contribution in [3.8, 4) is 0 Å². The molecule has 7 heteroatoms. The third kappa shape index (κ3) is 5.05. The molecule has 0 bridgehead atoms. The van der Waals surface area contributed by atoms with Crippen LogP contribution in [0.4, 0.5) is 10.1 Å². The molecule has 2 aromatic rings. The Morgan fingerprint density at radius 3 is 2.35 bits per heavy atom. The molecule has 140 valence electrons. The van der Waals surface area contributed by atoms with Gasteiger partial charge in [-0.15, -0.1) is 0 Å². The maximum absolute atomic E-state index is 13.0. The molecule has 0 saturated heterocycles. The van der Waals surface area contributed by atoms with E-state index in [2.05, 4.69) is 5.32 Å². The Bertz CT molecular complexity index is 896. The number of amides is 1. The molecule has 0 spiro atoms. The number of hydrogen-bond acceptors (Lipinski definition) is 3. The van der Waals surface area contributed by atoms with Crippen molar-refractivity contribution in [1.82, 2.24) is 5.32 Å². The van der Waals surface area contributed by atoms with E-state index in [0.717, 1.165) is 27.3 Å². The van der Waals surface area contributed by atoms with E-state index in [1.807, 2.05) is 19.1 Å². The predicted octanol–water partition coefficient (Wildman–Crippen LogP) is 3.09. The Kier molecular flexibility index (Phi) is 6.02. The van der Waals surface area contributed by atoms with Gasteiger partial charge in [-0.3, -0.25) is 9.10 Å². The standard InChI is InChI=1S/C19H23FN2O3S/c1-13-5-6-14(2)18(11-13)22(26(4,24)25)12-19(23)21-15(3)16-7-9-17(20)10-8-16/h5-11,15H,12H2,1-4H3,(H,21,23)/t15-/m1/s1. The van der Waals surface area contributed by atoms with Crippen LogP contribution in [-0.4, -0.2) is 27.1 Å². The van der Waals surface area contributed by atoms with Crippen LogP contribution in [0.5, 0.6) is 0 Å². The quantitative estimate of drug-likeness (QED) is 0.840. The van der Waals surface area contributed by atoms with Crippen LogP contribution < -0.4 is 9.62 Å². The first-order chi connectivity index (χ1) is 12.1. The first kappa shape index (κ1) is 19.9. The van der Waals surface area contributed by atoms with Crippen molar-refractivity contribution in [2.24, 2.45) is 0 Å². The van der Waals surface area contributed by atoms with Gasteiger partial charge in [0.1, 0.15) is 12.4 Å². The number of halogens is 1. The van der Waals surface area contributed by atoms with Crippen LogP contribution in [0, 0.1) is 19.7 Å². The molecule has 1 N–H and O–H groups in total. The fourth-order valence-electron chi connectivity index (χ4n) is 2.62. The molecule has 5 nitrogen and oxygen atoms in total. The van der Waals surface area contributed by atoms with E-state index < -0.39 is 15.9 Å². The van der Waals surface area contributed by atoms with Gasteiger partial charge in [0, 0.05) is 0 Å². The van der Waals surface area contributed by atoms with Crippen LogP contribution in [0.3, 0.4) is 0 Å². The molecule has 26 heavy (non-hydrogen) atoms. The lowest BCUT2D eigenvalue weighted by atomic mass is 10.1. The lowest BCUT2D eigenvalue weighted by Gasteiger charge is -2.25. The summed E-state index contributed by atoms with van der Waals surface area (Å²) in [5.74, 6) is -0.793. The molecule has 0 unspecified atom stereocenters. The third-order valence-corrected chi connectivity index (χ3v) is 5.19. The van der Waals surface area contributed by atoms with Crippen molar-refractivity contribution in [1.29, 1.82) is 0 Å². The molecule has 0 aliphatic heterocycles. The topological polar surface area (TPSA) is 66.5 Å². The Hall–Kier alpha value is -2.41.